The summed E-state index contributed by atoms with van der Waals surface area (Å²) in [7, 11) is 1.65. The number of carboxylic acid groups (broad SMARTS) is 1. The molecule has 2 heterocycles. The number of nitrogens with zero attached hydrogens (tertiary/aromatic N) is 1. The fraction of sp³-hybridized carbons (Fsp3) is 0.407. The molecule has 2 bridgehead atoms. The zero-order valence-electron chi connectivity index (χ0n) is 20.2. The van der Waals surface area contributed by atoms with Crippen LogP contribution in [0.25, 0.3) is 5.57 Å². The average Bonchev–Trinajstić information content (AvgIpc) is 2.85. The van der Waals surface area contributed by atoms with Crippen molar-refractivity contribution in [2.75, 3.05) is 33.4 Å². The highest BCUT2D eigenvalue weighted by Gasteiger charge is 2.39. The van der Waals surface area contributed by atoms with Crippen molar-refractivity contribution < 1.29 is 28.9 Å². The van der Waals surface area contributed by atoms with Gasteiger partial charge in [-0.3, -0.25) is 4.79 Å². The second-order valence-electron chi connectivity index (χ2n) is 8.83. The van der Waals surface area contributed by atoms with Gasteiger partial charge in [-0.25, -0.2) is 4.79 Å². The molecule has 0 spiro atoms. The molecule has 1 fully saturated rings. The molecule has 2 aromatic carbocycles. The van der Waals surface area contributed by atoms with Crippen molar-refractivity contribution in [3.63, 3.8) is 0 Å². The second-order valence-corrected chi connectivity index (χ2v) is 8.83. The van der Waals surface area contributed by atoms with Gasteiger partial charge in [-0.2, -0.15) is 0 Å². The molecular formula is C27H32N2O6. The van der Waals surface area contributed by atoms with Gasteiger partial charge in [-0.05, 0) is 35.8 Å². The summed E-state index contributed by atoms with van der Waals surface area (Å²) in [6.45, 7) is 4.05. The maximum Gasteiger partial charge on any atom is 0.333 e. The first kappa shape index (κ1) is 24.8. The zero-order chi connectivity index (χ0) is 24.8. The Hall–Kier alpha value is -3.36. The van der Waals surface area contributed by atoms with Gasteiger partial charge in [0.1, 0.15) is 11.5 Å². The first-order chi connectivity index (χ1) is 17.0. The van der Waals surface area contributed by atoms with Crippen LogP contribution in [-0.4, -0.2) is 67.4 Å². The molecule has 0 aromatic heterocycles. The van der Waals surface area contributed by atoms with Crippen LogP contribution in [0.15, 0.2) is 54.1 Å². The summed E-state index contributed by atoms with van der Waals surface area (Å²) in [5.41, 5.74) is 3.05. The minimum absolute atomic E-state index is 0.0265. The number of carbonyl (C=O) groups excluding carboxylic acids is 1. The van der Waals surface area contributed by atoms with Crippen molar-refractivity contribution >= 4 is 17.4 Å². The third-order valence-corrected chi connectivity index (χ3v) is 6.44. The maximum absolute atomic E-state index is 12.1. The number of fused-ring (bicyclic) bond motifs is 2. The van der Waals surface area contributed by atoms with E-state index in [0.717, 1.165) is 34.6 Å². The van der Waals surface area contributed by atoms with E-state index < -0.39 is 5.97 Å². The Balaban J connectivity index is 1.31. The molecule has 0 radical (unpaired) electrons. The smallest absolute Gasteiger partial charge is 0.333 e. The lowest BCUT2D eigenvalue weighted by atomic mass is 9.83. The highest BCUT2D eigenvalue weighted by Crippen LogP contribution is 2.34. The number of aliphatic carboxylic acids is 1. The summed E-state index contributed by atoms with van der Waals surface area (Å²) >= 11 is 0. The molecule has 2 aliphatic heterocycles. The summed E-state index contributed by atoms with van der Waals surface area (Å²) in [5.74, 6) is 0.572. The SMILES string of the molecule is COc1ccccc1COCCCOc1ccc(C2=C(C(=O)O)[C@H]3CN(C(C)=O)CC(C2)N3)cc1. The number of hydrogen-bond donors (Lipinski definition) is 2. The monoisotopic (exact) mass is 480 g/mol. The van der Waals surface area contributed by atoms with Crippen LogP contribution in [0.5, 0.6) is 11.5 Å². The maximum atomic E-state index is 12.1. The normalized spacial score (nSPS) is 19.4. The van der Waals surface area contributed by atoms with Gasteiger partial charge in [-0.1, -0.05) is 30.3 Å². The third-order valence-electron chi connectivity index (χ3n) is 6.44. The molecule has 4 rings (SSSR count). The third kappa shape index (κ3) is 6.01. The number of amides is 1. The number of benzene rings is 2. The molecule has 1 unspecified atom stereocenters. The van der Waals surface area contributed by atoms with E-state index in [1.165, 1.54) is 6.92 Å². The molecule has 2 aromatic rings. The lowest BCUT2D eigenvalue weighted by molar-refractivity contribution is -0.135. The Bertz CT molecular complexity index is 1080. The van der Waals surface area contributed by atoms with E-state index in [1.807, 2.05) is 48.5 Å². The number of carboxylic acids is 1. The van der Waals surface area contributed by atoms with E-state index in [0.29, 0.717) is 44.9 Å². The average molecular weight is 481 g/mol. The molecule has 0 saturated carbocycles. The number of piperazine rings is 1. The highest BCUT2D eigenvalue weighted by atomic mass is 16.5. The molecule has 1 saturated heterocycles. The zero-order valence-corrected chi connectivity index (χ0v) is 20.2. The molecular weight excluding hydrogens is 448 g/mol. The summed E-state index contributed by atoms with van der Waals surface area (Å²) in [6.07, 6.45) is 1.30. The fourth-order valence-electron chi connectivity index (χ4n) is 4.73. The minimum atomic E-state index is -0.949. The van der Waals surface area contributed by atoms with Crippen molar-refractivity contribution in [2.45, 2.75) is 38.5 Å². The first-order valence-electron chi connectivity index (χ1n) is 11.9. The summed E-state index contributed by atoms with van der Waals surface area (Å²) in [4.78, 5) is 25.7. The van der Waals surface area contributed by atoms with Crippen LogP contribution in [0.2, 0.25) is 0 Å². The summed E-state index contributed by atoms with van der Waals surface area (Å²) in [6, 6.07) is 15.0. The van der Waals surface area contributed by atoms with Crippen molar-refractivity contribution in [3.8, 4) is 11.5 Å². The van der Waals surface area contributed by atoms with Crippen LogP contribution in [0, 0.1) is 0 Å². The predicted octanol–water partition coefficient (Wildman–Crippen LogP) is 3.11. The van der Waals surface area contributed by atoms with Gasteiger partial charge < -0.3 is 29.5 Å². The Labute approximate surface area is 205 Å². The van der Waals surface area contributed by atoms with Gasteiger partial charge in [-0.15, -0.1) is 0 Å². The summed E-state index contributed by atoms with van der Waals surface area (Å²) in [5, 5.41) is 13.3. The molecule has 35 heavy (non-hydrogen) atoms. The van der Waals surface area contributed by atoms with E-state index in [4.69, 9.17) is 14.2 Å². The van der Waals surface area contributed by atoms with Gasteiger partial charge in [0.25, 0.3) is 0 Å². The molecule has 8 nitrogen and oxygen atoms in total. The van der Waals surface area contributed by atoms with Crippen LogP contribution in [0.4, 0.5) is 0 Å². The number of methoxy groups -OCH3 is 1. The number of carbonyl (C=O) groups is 2. The lowest BCUT2D eigenvalue weighted by Gasteiger charge is -2.43. The minimum Gasteiger partial charge on any atom is -0.496 e. The van der Waals surface area contributed by atoms with Gasteiger partial charge in [0, 0.05) is 38.0 Å². The Morgan fingerprint density at radius 3 is 2.57 bits per heavy atom. The molecule has 1 amide bonds. The van der Waals surface area contributed by atoms with Crippen molar-refractivity contribution in [3.05, 3.63) is 65.2 Å². The number of ether oxygens (including phenoxy) is 3. The number of nitrogens with one attached hydrogen (secondary N) is 1. The predicted molar refractivity (Wildman–Crippen MR) is 131 cm³/mol. The van der Waals surface area contributed by atoms with Crippen LogP contribution in [-0.2, 0) is 20.9 Å². The van der Waals surface area contributed by atoms with E-state index in [1.54, 1.807) is 12.0 Å². The quantitative estimate of drug-likeness (QED) is 0.505. The van der Waals surface area contributed by atoms with Crippen molar-refractivity contribution in [1.29, 1.82) is 0 Å². The van der Waals surface area contributed by atoms with Crippen molar-refractivity contribution in [2.24, 2.45) is 0 Å². The number of hydrogen-bond acceptors (Lipinski definition) is 6. The Kier molecular flexibility index (Phi) is 8.05. The molecule has 2 N–H and O–H groups in total. The van der Waals surface area contributed by atoms with Crippen LogP contribution < -0.4 is 14.8 Å². The molecule has 0 aliphatic carbocycles. The van der Waals surface area contributed by atoms with E-state index in [2.05, 4.69) is 5.32 Å². The largest absolute Gasteiger partial charge is 0.496 e. The fourth-order valence-corrected chi connectivity index (χ4v) is 4.73. The van der Waals surface area contributed by atoms with Crippen molar-refractivity contribution in [1.82, 2.24) is 10.2 Å². The van der Waals surface area contributed by atoms with Gasteiger partial charge in [0.15, 0.2) is 0 Å². The molecule has 2 atom stereocenters. The first-order valence-corrected chi connectivity index (χ1v) is 11.9. The number of para-hydroxylation sites is 1. The molecule has 186 valence electrons. The van der Waals surface area contributed by atoms with E-state index in [-0.39, 0.29) is 18.0 Å². The standard InChI is InChI=1S/C27H32N2O6/c1-18(30)29-15-21-14-23(26(27(31)32)24(16-29)28-21)19-8-10-22(11-9-19)35-13-5-12-34-17-20-6-3-4-7-25(20)33-2/h3-4,6-11,21,24,28H,5,12-17H2,1-2H3,(H,31,32)/t21?,24-/m1/s1. The van der Waals surface area contributed by atoms with E-state index >= 15 is 0 Å². The van der Waals surface area contributed by atoms with E-state index in [9.17, 15) is 14.7 Å². The van der Waals surface area contributed by atoms with Crippen LogP contribution >= 0.6 is 0 Å². The topological polar surface area (TPSA) is 97.3 Å². The number of rotatable bonds is 10. The van der Waals surface area contributed by atoms with Gasteiger partial charge in [0.2, 0.25) is 5.91 Å². The van der Waals surface area contributed by atoms with Gasteiger partial charge in [0.05, 0.1) is 38.5 Å². The second kappa shape index (κ2) is 11.4. The molecule has 8 heteroatoms. The van der Waals surface area contributed by atoms with Crippen LogP contribution in [0.1, 0.15) is 30.9 Å². The highest BCUT2D eigenvalue weighted by molar-refractivity contribution is 5.98. The Morgan fingerprint density at radius 1 is 1.09 bits per heavy atom. The van der Waals surface area contributed by atoms with Gasteiger partial charge >= 0.3 is 5.97 Å². The molecule has 2 aliphatic rings. The lowest BCUT2D eigenvalue weighted by Crippen LogP contribution is -2.61. The Morgan fingerprint density at radius 2 is 1.86 bits per heavy atom. The summed E-state index contributed by atoms with van der Waals surface area (Å²) < 4.78 is 16.9. The van der Waals surface area contributed by atoms with Crippen LogP contribution in [0.3, 0.4) is 0 Å².